The first-order valence-electron chi connectivity index (χ1n) is 7.76. The number of anilines is 3. The number of ether oxygens (including phenoxy) is 2. The van der Waals surface area contributed by atoms with Crippen molar-refractivity contribution in [3.05, 3.63) is 35.7 Å². The van der Waals surface area contributed by atoms with Crippen LogP contribution in [0.2, 0.25) is 0 Å². The molecule has 0 amide bonds. The Labute approximate surface area is 136 Å². The molecule has 0 unspecified atom stereocenters. The Kier molecular flexibility index (Phi) is 4.62. The van der Waals surface area contributed by atoms with E-state index in [-0.39, 0.29) is 0 Å². The lowest BCUT2D eigenvalue weighted by Gasteiger charge is -2.28. The number of aryl methyl sites for hydroxylation is 2. The van der Waals surface area contributed by atoms with Crippen molar-refractivity contribution in [1.29, 1.82) is 0 Å². The number of hydrogen-bond acceptors (Lipinski definition) is 6. The van der Waals surface area contributed by atoms with Crippen molar-refractivity contribution in [3.63, 3.8) is 0 Å². The van der Waals surface area contributed by atoms with Gasteiger partial charge in [0.25, 0.3) is 0 Å². The number of benzene rings is 1. The van der Waals surface area contributed by atoms with Gasteiger partial charge in [0.1, 0.15) is 23.2 Å². The van der Waals surface area contributed by atoms with Crippen LogP contribution in [-0.4, -0.2) is 43.4 Å². The highest BCUT2D eigenvalue weighted by atomic mass is 16.5. The quantitative estimate of drug-likeness (QED) is 0.936. The second kappa shape index (κ2) is 6.83. The Balaban J connectivity index is 1.88. The Morgan fingerprint density at radius 3 is 2.65 bits per heavy atom. The highest BCUT2D eigenvalue weighted by Gasteiger charge is 2.14. The number of aromatic nitrogens is 2. The van der Waals surface area contributed by atoms with Gasteiger partial charge in [-0.05, 0) is 31.5 Å². The molecule has 1 saturated heterocycles. The zero-order valence-corrected chi connectivity index (χ0v) is 13.8. The number of hydrogen-bond donors (Lipinski definition) is 1. The second-order valence-corrected chi connectivity index (χ2v) is 5.59. The summed E-state index contributed by atoms with van der Waals surface area (Å²) in [6.45, 7) is 7.12. The van der Waals surface area contributed by atoms with Crippen LogP contribution in [0.3, 0.4) is 0 Å². The summed E-state index contributed by atoms with van der Waals surface area (Å²) in [6.07, 6.45) is 0. The molecule has 2 heterocycles. The molecule has 122 valence electrons. The first-order valence-corrected chi connectivity index (χ1v) is 7.76. The molecule has 23 heavy (non-hydrogen) atoms. The Morgan fingerprint density at radius 1 is 1.13 bits per heavy atom. The molecule has 0 atom stereocenters. The maximum atomic E-state index is 5.42. The van der Waals surface area contributed by atoms with E-state index in [0.717, 1.165) is 60.8 Å². The molecule has 1 aliphatic heterocycles. The van der Waals surface area contributed by atoms with Crippen LogP contribution < -0.4 is 15.0 Å². The Morgan fingerprint density at radius 2 is 1.91 bits per heavy atom. The van der Waals surface area contributed by atoms with E-state index in [2.05, 4.69) is 27.1 Å². The van der Waals surface area contributed by atoms with Crippen LogP contribution >= 0.6 is 0 Å². The molecule has 1 N–H and O–H groups in total. The Bertz CT molecular complexity index is 684. The van der Waals surface area contributed by atoms with Crippen LogP contribution in [0.5, 0.6) is 5.75 Å². The predicted molar refractivity (Wildman–Crippen MR) is 90.8 cm³/mol. The van der Waals surface area contributed by atoms with Gasteiger partial charge in [-0.25, -0.2) is 9.97 Å². The summed E-state index contributed by atoms with van der Waals surface area (Å²) < 4.78 is 10.8. The summed E-state index contributed by atoms with van der Waals surface area (Å²) in [5.41, 5.74) is 2.06. The van der Waals surface area contributed by atoms with Gasteiger partial charge in [-0.2, -0.15) is 0 Å². The summed E-state index contributed by atoms with van der Waals surface area (Å²) in [5, 5.41) is 3.35. The first kappa shape index (κ1) is 15.6. The van der Waals surface area contributed by atoms with E-state index in [1.54, 1.807) is 7.11 Å². The van der Waals surface area contributed by atoms with Crippen LogP contribution in [0, 0.1) is 13.8 Å². The molecule has 6 nitrogen and oxygen atoms in total. The number of rotatable bonds is 4. The number of nitrogens with one attached hydrogen (secondary N) is 1. The van der Waals surface area contributed by atoms with Crippen LogP contribution in [0.25, 0.3) is 0 Å². The second-order valence-electron chi connectivity index (χ2n) is 5.59. The average molecular weight is 314 g/mol. The largest absolute Gasteiger partial charge is 0.495 e. The minimum absolute atomic E-state index is 0.734. The lowest BCUT2D eigenvalue weighted by atomic mass is 10.2. The lowest BCUT2D eigenvalue weighted by Crippen LogP contribution is -2.36. The fourth-order valence-electron chi connectivity index (χ4n) is 2.63. The van der Waals surface area contributed by atoms with Crippen molar-refractivity contribution < 1.29 is 9.47 Å². The van der Waals surface area contributed by atoms with Crippen molar-refractivity contribution in [3.8, 4) is 5.75 Å². The standard InChI is InChI=1S/C17H22N4O2/c1-12-4-5-15(22-3)14(10-12)20-16-11-17(19-13(2)18-16)21-6-8-23-9-7-21/h4-5,10-11H,6-9H2,1-3H3,(H,18,19,20). The van der Waals surface area contributed by atoms with E-state index in [9.17, 15) is 0 Å². The van der Waals surface area contributed by atoms with Crippen molar-refractivity contribution in [1.82, 2.24) is 9.97 Å². The van der Waals surface area contributed by atoms with E-state index in [4.69, 9.17) is 9.47 Å². The van der Waals surface area contributed by atoms with Crippen LogP contribution in [-0.2, 0) is 4.74 Å². The fourth-order valence-corrected chi connectivity index (χ4v) is 2.63. The molecule has 1 aromatic heterocycles. The van der Waals surface area contributed by atoms with E-state index in [1.807, 2.05) is 31.2 Å². The molecule has 1 aliphatic rings. The fraction of sp³-hybridized carbons (Fsp3) is 0.412. The molecule has 2 aromatic rings. The molecule has 0 saturated carbocycles. The van der Waals surface area contributed by atoms with Crippen molar-refractivity contribution >= 4 is 17.3 Å². The third-order valence-corrected chi connectivity index (χ3v) is 3.78. The number of morpholine rings is 1. The average Bonchev–Trinajstić information content (AvgIpc) is 2.55. The summed E-state index contributed by atoms with van der Waals surface area (Å²) >= 11 is 0. The molecule has 0 bridgehead atoms. The number of methoxy groups -OCH3 is 1. The van der Waals surface area contributed by atoms with Gasteiger partial charge in [0.05, 0.1) is 26.0 Å². The highest BCUT2D eigenvalue weighted by Crippen LogP contribution is 2.29. The Hall–Kier alpha value is -2.34. The molecule has 0 aliphatic carbocycles. The molecule has 0 radical (unpaired) electrons. The molecule has 0 spiro atoms. The van der Waals surface area contributed by atoms with Crippen LogP contribution in [0.15, 0.2) is 24.3 Å². The molecular formula is C17H22N4O2. The maximum absolute atomic E-state index is 5.42. The highest BCUT2D eigenvalue weighted by molar-refractivity contribution is 5.66. The van der Waals surface area contributed by atoms with Crippen molar-refractivity contribution in [2.75, 3.05) is 43.6 Å². The summed E-state index contributed by atoms with van der Waals surface area (Å²) in [5.74, 6) is 3.22. The minimum atomic E-state index is 0.734. The van der Waals surface area contributed by atoms with Crippen LogP contribution in [0.1, 0.15) is 11.4 Å². The van der Waals surface area contributed by atoms with Gasteiger partial charge in [0, 0.05) is 19.2 Å². The van der Waals surface area contributed by atoms with E-state index in [1.165, 1.54) is 0 Å². The maximum Gasteiger partial charge on any atom is 0.142 e. The molecule has 6 heteroatoms. The normalized spacial score (nSPS) is 14.7. The van der Waals surface area contributed by atoms with E-state index in [0.29, 0.717) is 0 Å². The third kappa shape index (κ3) is 3.71. The summed E-state index contributed by atoms with van der Waals surface area (Å²) in [6, 6.07) is 7.99. The third-order valence-electron chi connectivity index (χ3n) is 3.78. The van der Waals surface area contributed by atoms with Crippen molar-refractivity contribution in [2.24, 2.45) is 0 Å². The molecular weight excluding hydrogens is 292 g/mol. The monoisotopic (exact) mass is 314 g/mol. The van der Waals surface area contributed by atoms with E-state index >= 15 is 0 Å². The lowest BCUT2D eigenvalue weighted by molar-refractivity contribution is 0.122. The molecule has 1 aromatic carbocycles. The van der Waals surface area contributed by atoms with Gasteiger partial charge in [0.15, 0.2) is 0 Å². The van der Waals surface area contributed by atoms with Gasteiger partial charge < -0.3 is 19.7 Å². The zero-order valence-electron chi connectivity index (χ0n) is 13.8. The molecule has 3 rings (SSSR count). The first-order chi connectivity index (χ1) is 11.2. The van der Waals surface area contributed by atoms with Crippen LogP contribution in [0.4, 0.5) is 17.3 Å². The van der Waals surface area contributed by atoms with Gasteiger partial charge >= 0.3 is 0 Å². The van der Waals surface area contributed by atoms with Gasteiger partial charge in [-0.15, -0.1) is 0 Å². The van der Waals surface area contributed by atoms with Gasteiger partial charge in [0.2, 0.25) is 0 Å². The smallest absolute Gasteiger partial charge is 0.142 e. The summed E-state index contributed by atoms with van der Waals surface area (Å²) in [7, 11) is 1.67. The molecule has 1 fully saturated rings. The topological polar surface area (TPSA) is 59.5 Å². The minimum Gasteiger partial charge on any atom is -0.495 e. The predicted octanol–water partition coefficient (Wildman–Crippen LogP) is 2.68. The zero-order chi connectivity index (χ0) is 16.2. The van der Waals surface area contributed by atoms with Gasteiger partial charge in [-0.1, -0.05) is 6.07 Å². The number of nitrogens with zero attached hydrogens (tertiary/aromatic N) is 3. The SMILES string of the molecule is COc1ccc(C)cc1Nc1cc(N2CCOCC2)nc(C)n1. The summed E-state index contributed by atoms with van der Waals surface area (Å²) in [4.78, 5) is 11.3. The van der Waals surface area contributed by atoms with Gasteiger partial charge in [-0.3, -0.25) is 0 Å². The van der Waals surface area contributed by atoms with Crippen molar-refractivity contribution in [2.45, 2.75) is 13.8 Å². The van der Waals surface area contributed by atoms with E-state index < -0.39 is 0 Å².